The molecule has 0 fully saturated rings. The quantitative estimate of drug-likeness (QED) is 0.343. The molecule has 23 heavy (non-hydrogen) atoms. The van der Waals surface area contributed by atoms with Crippen molar-refractivity contribution in [3.05, 3.63) is 34.1 Å². The molecule has 9 heteroatoms. The van der Waals surface area contributed by atoms with Gasteiger partial charge in [-0.2, -0.15) is 0 Å². The summed E-state index contributed by atoms with van der Waals surface area (Å²) in [6.07, 6.45) is 1.69. The standard InChI is InChI=1S/C14H21BrFN3O2S.HI/c1-10(6-7-22(3,20)21)19-14(17-2)18-9-11-8-12(15)4-5-13(11)16;/h4-5,8,10H,6-7,9H2,1-3H3,(H2,17,18,19);1H. The summed E-state index contributed by atoms with van der Waals surface area (Å²) in [7, 11) is -1.38. The highest BCUT2D eigenvalue weighted by atomic mass is 127. The van der Waals surface area contributed by atoms with Gasteiger partial charge in [-0.1, -0.05) is 15.9 Å². The van der Waals surface area contributed by atoms with Crippen LogP contribution in [-0.4, -0.2) is 39.5 Å². The maximum atomic E-state index is 13.7. The van der Waals surface area contributed by atoms with Crippen molar-refractivity contribution in [2.45, 2.75) is 25.9 Å². The number of nitrogens with one attached hydrogen (secondary N) is 2. The molecule has 132 valence electrons. The summed E-state index contributed by atoms with van der Waals surface area (Å²) >= 11 is 3.30. The van der Waals surface area contributed by atoms with Crippen molar-refractivity contribution < 1.29 is 12.8 Å². The lowest BCUT2D eigenvalue weighted by atomic mass is 10.2. The Balaban J connectivity index is 0.00000484. The lowest BCUT2D eigenvalue weighted by molar-refractivity contribution is 0.578. The number of hydrogen-bond donors (Lipinski definition) is 2. The molecule has 0 saturated heterocycles. The van der Waals surface area contributed by atoms with Crippen LogP contribution in [0.25, 0.3) is 0 Å². The molecule has 0 saturated carbocycles. The van der Waals surface area contributed by atoms with Crippen molar-refractivity contribution in [3.63, 3.8) is 0 Å². The van der Waals surface area contributed by atoms with Crippen molar-refractivity contribution in [1.29, 1.82) is 0 Å². The zero-order chi connectivity index (χ0) is 16.8. The Morgan fingerprint density at radius 2 is 2.09 bits per heavy atom. The Bertz CT molecular complexity index is 641. The van der Waals surface area contributed by atoms with Crippen LogP contribution in [0.3, 0.4) is 0 Å². The van der Waals surface area contributed by atoms with Gasteiger partial charge in [0.05, 0.1) is 5.75 Å². The molecule has 1 aromatic rings. The van der Waals surface area contributed by atoms with E-state index in [9.17, 15) is 12.8 Å². The van der Waals surface area contributed by atoms with Gasteiger partial charge in [0.1, 0.15) is 15.7 Å². The second-order valence-corrected chi connectivity index (χ2v) is 8.30. The van der Waals surface area contributed by atoms with E-state index in [-0.39, 0.29) is 48.1 Å². The number of halogens is 3. The highest BCUT2D eigenvalue weighted by molar-refractivity contribution is 14.0. The van der Waals surface area contributed by atoms with Gasteiger partial charge in [-0.05, 0) is 31.5 Å². The second-order valence-electron chi connectivity index (χ2n) is 5.13. The number of hydrogen-bond acceptors (Lipinski definition) is 3. The van der Waals surface area contributed by atoms with E-state index in [1.165, 1.54) is 12.3 Å². The van der Waals surface area contributed by atoms with Crippen LogP contribution in [0.15, 0.2) is 27.7 Å². The summed E-state index contributed by atoms with van der Waals surface area (Å²) in [5.74, 6) is 0.315. The Kier molecular flexibility index (Phi) is 10.3. The Morgan fingerprint density at radius 3 is 2.65 bits per heavy atom. The number of sulfone groups is 1. The first kappa shape index (κ1) is 22.6. The first-order chi connectivity index (χ1) is 10.2. The second kappa shape index (κ2) is 10.4. The van der Waals surface area contributed by atoms with Crippen molar-refractivity contribution >= 4 is 55.7 Å². The number of nitrogens with zero attached hydrogens (tertiary/aromatic N) is 1. The molecule has 2 N–H and O–H groups in total. The molecule has 1 unspecified atom stereocenters. The lowest BCUT2D eigenvalue weighted by Gasteiger charge is -2.17. The van der Waals surface area contributed by atoms with Crippen molar-refractivity contribution in [2.24, 2.45) is 4.99 Å². The average Bonchev–Trinajstić information content (AvgIpc) is 2.43. The summed E-state index contributed by atoms with van der Waals surface area (Å²) in [5, 5.41) is 6.09. The fourth-order valence-corrected chi connectivity index (χ4v) is 2.94. The minimum Gasteiger partial charge on any atom is -0.354 e. The van der Waals surface area contributed by atoms with Crippen LogP contribution < -0.4 is 10.6 Å². The van der Waals surface area contributed by atoms with Gasteiger partial charge in [0, 0.05) is 35.9 Å². The van der Waals surface area contributed by atoms with E-state index in [0.717, 1.165) is 4.47 Å². The predicted molar refractivity (Wildman–Crippen MR) is 107 cm³/mol. The van der Waals surface area contributed by atoms with Crippen LogP contribution >= 0.6 is 39.9 Å². The molecule has 0 amide bonds. The number of guanidine groups is 1. The molecule has 5 nitrogen and oxygen atoms in total. The van der Waals surface area contributed by atoms with Gasteiger partial charge in [-0.15, -0.1) is 24.0 Å². The lowest BCUT2D eigenvalue weighted by Crippen LogP contribution is -2.42. The van der Waals surface area contributed by atoms with E-state index in [0.29, 0.717) is 17.9 Å². The summed E-state index contributed by atoms with van der Waals surface area (Å²) < 4.78 is 36.8. The maximum Gasteiger partial charge on any atom is 0.191 e. The molecular formula is C14H22BrFIN3O2S. The molecule has 1 atom stereocenters. The zero-order valence-electron chi connectivity index (χ0n) is 13.3. The summed E-state index contributed by atoms with van der Waals surface area (Å²) in [5.41, 5.74) is 0.515. The zero-order valence-corrected chi connectivity index (χ0v) is 18.0. The van der Waals surface area contributed by atoms with E-state index in [1.807, 2.05) is 6.92 Å². The summed E-state index contributed by atoms with van der Waals surface area (Å²) in [6.45, 7) is 2.15. The van der Waals surface area contributed by atoms with Crippen LogP contribution in [0.1, 0.15) is 18.9 Å². The van der Waals surface area contributed by atoms with Crippen LogP contribution in [0.5, 0.6) is 0 Å². The van der Waals surface area contributed by atoms with Crippen LogP contribution in [0.2, 0.25) is 0 Å². The van der Waals surface area contributed by atoms with Gasteiger partial charge in [-0.25, -0.2) is 12.8 Å². The molecule has 1 aromatic carbocycles. The Labute approximate surface area is 162 Å². The number of rotatable bonds is 6. The molecule has 1 rings (SSSR count). The summed E-state index contributed by atoms with van der Waals surface area (Å²) in [6, 6.07) is 4.67. The Morgan fingerprint density at radius 1 is 1.43 bits per heavy atom. The minimum atomic E-state index is -2.98. The average molecular weight is 522 g/mol. The van der Waals surface area contributed by atoms with Crippen LogP contribution in [0, 0.1) is 5.82 Å². The number of aliphatic imine (C=N–C) groups is 1. The van der Waals surface area contributed by atoms with Gasteiger partial charge < -0.3 is 10.6 Å². The van der Waals surface area contributed by atoms with Crippen molar-refractivity contribution in [2.75, 3.05) is 19.1 Å². The van der Waals surface area contributed by atoms with Gasteiger partial charge in [0.2, 0.25) is 0 Å². The SMILES string of the molecule is CN=C(NCc1cc(Br)ccc1F)NC(C)CCS(C)(=O)=O.I. The van der Waals surface area contributed by atoms with Crippen molar-refractivity contribution in [3.8, 4) is 0 Å². The molecule has 0 bridgehead atoms. The highest BCUT2D eigenvalue weighted by Gasteiger charge is 2.10. The van der Waals surface area contributed by atoms with Gasteiger partial charge in [0.25, 0.3) is 0 Å². The fraction of sp³-hybridized carbons (Fsp3) is 0.500. The molecule has 0 heterocycles. The van der Waals surface area contributed by atoms with Gasteiger partial charge >= 0.3 is 0 Å². The van der Waals surface area contributed by atoms with Gasteiger partial charge in [0.15, 0.2) is 5.96 Å². The predicted octanol–water partition coefficient (Wildman–Crippen LogP) is 2.69. The third-order valence-corrected chi connectivity index (χ3v) is 4.45. The third kappa shape index (κ3) is 9.46. The molecule has 0 aliphatic carbocycles. The molecular weight excluding hydrogens is 500 g/mol. The monoisotopic (exact) mass is 521 g/mol. The normalized spacial score (nSPS) is 13.2. The smallest absolute Gasteiger partial charge is 0.191 e. The molecule has 0 aliphatic heterocycles. The minimum absolute atomic E-state index is 0. The van der Waals surface area contributed by atoms with Crippen LogP contribution in [0.4, 0.5) is 4.39 Å². The van der Waals surface area contributed by atoms with E-state index in [4.69, 9.17) is 0 Å². The van der Waals surface area contributed by atoms with E-state index in [1.54, 1.807) is 19.2 Å². The first-order valence-electron chi connectivity index (χ1n) is 6.80. The Hall–Kier alpha value is -0.420. The van der Waals surface area contributed by atoms with Crippen LogP contribution in [-0.2, 0) is 16.4 Å². The number of benzene rings is 1. The molecule has 0 spiro atoms. The fourth-order valence-electron chi connectivity index (χ4n) is 1.75. The van der Waals surface area contributed by atoms with E-state index >= 15 is 0 Å². The van der Waals surface area contributed by atoms with E-state index < -0.39 is 9.84 Å². The highest BCUT2D eigenvalue weighted by Crippen LogP contribution is 2.15. The largest absolute Gasteiger partial charge is 0.354 e. The molecule has 0 radical (unpaired) electrons. The maximum absolute atomic E-state index is 13.7. The molecule has 0 aromatic heterocycles. The topological polar surface area (TPSA) is 70.6 Å². The van der Waals surface area contributed by atoms with Crippen molar-refractivity contribution in [1.82, 2.24) is 10.6 Å². The molecule has 0 aliphatic rings. The van der Waals surface area contributed by atoms with E-state index in [2.05, 4.69) is 31.6 Å². The van der Waals surface area contributed by atoms with Gasteiger partial charge in [-0.3, -0.25) is 4.99 Å². The third-order valence-electron chi connectivity index (χ3n) is 2.98. The summed E-state index contributed by atoms with van der Waals surface area (Å²) in [4.78, 5) is 4.05. The first-order valence-corrected chi connectivity index (χ1v) is 9.65.